The number of thioether (sulfide) groups is 1. The molecule has 0 saturated carbocycles. The van der Waals surface area contributed by atoms with Crippen molar-refractivity contribution in [1.29, 1.82) is 0 Å². The Morgan fingerprint density at radius 1 is 1.15 bits per heavy atom. The molecule has 26 heavy (non-hydrogen) atoms. The number of ether oxygens (including phenoxy) is 1. The van der Waals surface area contributed by atoms with Crippen molar-refractivity contribution >= 4 is 33.5 Å². The number of fused-ring (bicyclic) bond motifs is 1. The zero-order valence-corrected chi connectivity index (χ0v) is 17.2. The van der Waals surface area contributed by atoms with Crippen LogP contribution in [0, 0.1) is 6.92 Å². The Labute approximate surface area is 167 Å². The van der Waals surface area contributed by atoms with Gasteiger partial charge in [0.05, 0.1) is 5.56 Å². The van der Waals surface area contributed by atoms with E-state index in [9.17, 15) is 4.79 Å². The monoisotopic (exact) mass is 431 g/mol. The lowest BCUT2D eigenvalue weighted by molar-refractivity contribution is 0.0832. The fourth-order valence-corrected chi connectivity index (χ4v) is 5.32. The van der Waals surface area contributed by atoms with E-state index in [1.165, 1.54) is 18.4 Å². The van der Waals surface area contributed by atoms with Gasteiger partial charge in [-0.25, -0.2) is 0 Å². The molecule has 0 unspecified atom stereocenters. The summed E-state index contributed by atoms with van der Waals surface area (Å²) in [4.78, 5) is 17.1. The minimum absolute atomic E-state index is 0.178. The number of halogens is 1. The molecule has 1 saturated heterocycles. The fourth-order valence-electron chi connectivity index (χ4n) is 3.67. The Bertz CT molecular complexity index is 817. The van der Waals surface area contributed by atoms with Crippen LogP contribution in [0.25, 0.3) is 0 Å². The molecule has 4 rings (SSSR count). The van der Waals surface area contributed by atoms with Crippen LogP contribution in [0.15, 0.2) is 51.8 Å². The summed E-state index contributed by atoms with van der Waals surface area (Å²) in [6.07, 6.45) is 2.42. The average molecular weight is 432 g/mol. The van der Waals surface area contributed by atoms with Gasteiger partial charge in [-0.2, -0.15) is 0 Å². The van der Waals surface area contributed by atoms with E-state index in [2.05, 4.69) is 52.0 Å². The molecule has 2 aliphatic rings. The summed E-state index contributed by atoms with van der Waals surface area (Å²) >= 11 is 5.15. The van der Waals surface area contributed by atoms with Gasteiger partial charge in [0.2, 0.25) is 0 Å². The van der Waals surface area contributed by atoms with Crippen LogP contribution in [0.3, 0.4) is 0 Å². The first kappa shape index (κ1) is 18.1. The van der Waals surface area contributed by atoms with Crippen molar-refractivity contribution in [3.05, 3.63) is 58.1 Å². The molecule has 0 radical (unpaired) electrons. The smallest absolute Gasteiger partial charge is 0.187 e. The molecule has 0 spiro atoms. The minimum Gasteiger partial charge on any atom is -0.491 e. The Kier molecular flexibility index (Phi) is 5.13. The lowest BCUT2D eigenvalue weighted by Crippen LogP contribution is -2.52. The third-order valence-corrected chi connectivity index (χ3v) is 6.90. The SMILES string of the molecule is Cc1ccc(S[C@]2(CN3CCCC3)COc3ccc(Br)cc3C2=O)cc1. The van der Waals surface area contributed by atoms with Crippen molar-refractivity contribution < 1.29 is 9.53 Å². The summed E-state index contributed by atoms with van der Waals surface area (Å²) in [5.41, 5.74) is 1.91. The van der Waals surface area contributed by atoms with Crippen LogP contribution in [-0.2, 0) is 0 Å². The third kappa shape index (κ3) is 3.57. The van der Waals surface area contributed by atoms with Gasteiger partial charge in [-0.05, 0) is 63.2 Å². The maximum Gasteiger partial charge on any atom is 0.187 e. The van der Waals surface area contributed by atoms with Gasteiger partial charge in [0.15, 0.2) is 5.78 Å². The van der Waals surface area contributed by atoms with E-state index in [0.29, 0.717) is 17.9 Å². The lowest BCUT2D eigenvalue weighted by atomic mass is 9.93. The molecule has 136 valence electrons. The molecule has 3 nitrogen and oxygen atoms in total. The number of carbonyl (C=O) groups is 1. The second-order valence-corrected chi connectivity index (χ2v) is 9.52. The Morgan fingerprint density at radius 2 is 1.88 bits per heavy atom. The van der Waals surface area contributed by atoms with Crippen LogP contribution in [0.2, 0.25) is 0 Å². The van der Waals surface area contributed by atoms with E-state index >= 15 is 0 Å². The summed E-state index contributed by atoms with van der Waals surface area (Å²) in [5.74, 6) is 0.872. The number of ketones is 1. The standard InChI is InChI=1S/C21H22BrNO2S/c1-15-4-7-17(8-5-15)26-21(13-23-10-2-3-11-23)14-25-19-9-6-16(22)12-18(19)20(21)24/h4-9,12H,2-3,10-11,13-14H2,1H3/t21-/m1/s1. The molecule has 1 fully saturated rings. The van der Waals surface area contributed by atoms with Gasteiger partial charge in [-0.15, -0.1) is 11.8 Å². The lowest BCUT2D eigenvalue weighted by Gasteiger charge is -2.38. The molecular formula is C21H22BrNO2S. The molecule has 0 aromatic heterocycles. The highest BCUT2D eigenvalue weighted by Gasteiger charge is 2.46. The number of likely N-dealkylation sites (tertiary alicyclic amines) is 1. The van der Waals surface area contributed by atoms with E-state index < -0.39 is 4.75 Å². The zero-order chi connectivity index (χ0) is 18.1. The van der Waals surface area contributed by atoms with E-state index in [-0.39, 0.29) is 5.78 Å². The van der Waals surface area contributed by atoms with Gasteiger partial charge in [0.1, 0.15) is 17.1 Å². The fraction of sp³-hybridized carbons (Fsp3) is 0.381. The Hall–Kier alpha value is -1.30. The van der Waals surface area contributed by atoms with Crippen molar-refractivity contribution in [2.45, 2.75) is 29.4 Å². The number of carbonyl (C=O) groups excluding carboxylic acids is 1. The van der Waals surface area contributed by atoms with Gasteiger partial charge in [0, 0.05) is 15.9 Å². The number of rotatable bonds is 4. The summed E-state index contributed by atoms with van der Waals surface area (Å²) in [7, 11) is 0. The van der Waals surface area contributed by atoms with Gasteiger partial charge in [-0.1, -0.05) is 33.6 Å². The van der Waals surface area contributed by atoms with Crippen LogP contribution in [0.4, 0.5) is 0 Å². The van der Waals surface area contributed by atoms with E-state index in [4.69, 9.17) is 4.74 Å². The molecule has 1 atom stereocenters. The topological polar surface area (TPSA) is 29.5 Å². The van der Waals surface area contributed by atoms with E-state index in [1.807, 2.05) is 18.2 Å². The van der Waals surface area contributed by atoms with Crippen LogP contribution in [-0.4, -0.2) is 41.7 Å². The van der Waals surface area contributed by atoms with Gasteiger partial charge >= 0.3 is 0 Å². The zero-order valence-electron chi connectivity index (χ0n) is 14.8. The molecule has 0 bridgehead atoms. The highest BCUT2D eigenvalue weighted by atomic mass is 79.9. The molecule has 0 aliphatic carbocycles. The van der Waals surface area contributed by atoms with Crippen LogP contribution < -0.4 is 4.74 Å². The van der Waals surface area contributed by atoms with Crippen molar-refractivity contribution in [3.8, 4) is 5.75 Å². The summed E-state index contributed by atoms with van der Waals surface area (Å²) in [5, 5.41) is 0. The maximum absolute atomic E-state index is 13.6. The third-order valence-electron chi connectivity index (χ3n) is 5.07. The predicted octanol–water partition coefficient (Wildman–Crippen LogP) is 4.96. The summed E-state index contributed by atoms with van der Waals surface area (Å²) in [6.45, 7) is 5.35. The number of nitrogens with zero attached hydrogens (tertiary/aromatic N) is 1. The highest BCUT2D eigenvalue weighted by molar-refractivity contribution is 9.10. The predicted molar refractivity (Wildman–Crippen MR) is 109 cm³/mol. The van der Waals surface area contributed by atoms with Gasteiger partial charge < -0.3 is 9.64 Å². The number of hydrogen-bond acceptors (Lipinski definition) is 4. The Morgan fingerprint density at radius 3 is 2.62 bits per heavy atom. The number of benzene rings is 2. The van der Waals surface area contributed by atoms with Crippen molar-refractivity contribution in [1.82, 2.24) is 4.90 Å². The van der Waals surface area contributed by atoms with Crippen molar-refractivity contribution in [2.75, 3.05) is 26.2 Å². The number of Topliss-reactive ketones (excluding diaryl/α,β-unsaturated/α-hetero) is 1. The first-order valence-electron chi connectivity index (χ1n) is 9.01. The largest absolute Gasteiger partial charge is 0.491 e. The molecule has 5 heteroatoms. The van der Waals surface area contributed by atoms with Crippen LogP contribution in [0.1, 0.15) is 28.8 Å². The van der Waals surface area contributed by atoms with Crippen molar-refractivity contribution in [2.24, 2.45) is 0 Å². The highest BCUT2D eigenvalue weighted by Crippen LogP contribution is 2.43. The molecule has 2 aromatic rings. The summed E-state index contributed by atoms with van der Waals surface area (Å²) < 4.78 is 6.39. The van der Waals surface area contributed by atoms with E-state index in [1.54, 1.807) is 11.8 Å². The Balaban J connectivity index is 1.70. The van der Waals surface area contributed by atoms with Gasteiger partial charge in [0.25, 0.3) is 0 Å². The van der Waals surface area contributed by atoms with Gasteiger partial charge in [-0.3, -0.25) is 4.79 Å². The first-order chi connectivity index (χ1) is 12.6. The second-order valence-electron chi connectivity index (χ2n) is 7.15. The molecule has 2 aliphatic heterocycles. The van der Waals surface area contributed by atoms with Crippen LogP contribution in [0.5, 0.6) is 5.75 Å². The summed E-state index contributed by atoms with van der Waals surface area (Å²) in [6, 6.07) is 14.1. The average Bonchev–Trinajstić information content (AvgIpc) is 3.14. The molecular weight excluding hydrogens is 410 g/mol. The molecule has 2 aromatic carbocycles. The number of hydrogen-bond donors (Lipinski definition) is 0. The second kappa shape index (κ2) is 7.37. The maximum atomic E-state index is 13.6. The molecule has 0 N–H and O–H groups in total. The van der Waals surface area contributed by atoms with Crippen LogP contribution >= 0.6 is 27.7 Å². The number of aryl methyl sites for hydroxylation is 1. The molecule has 2 heterocycles. The van der Waals surface area contributed by atoms with Crippen molar-refractivity contribution in [3.63, 3.8) is 0 Å². The van der Waals surface area contributed by atoms with E-state index in [0.717, 1.165) is 29.0 Å². The first-order valence-corrected chi connectivity index (χ1v) is 10.6. The minimum atomic E-state index is -0.604. The quantitative estimate of drug-likeness (QED) is 0.683. The molecule has 0 amide bonds. The normalized spacial score (nSPS) is 22.9.